The Hall–Kier alpha value is -3.45. The van der Waals surface area contributed by atoms with Gasteiger partial charge in [0.25, 0.3) is 5.91 Å². The summed E-state index contributed by atoms with van der Waals surface area (Å²) in [7, 11) is 3.95. The maximum atomic E-state index is 13.3. The Bertz CT molecular complexity index is 1070. The van der Waals surface area contributed by atoms with Crippen molar-refractivity contribution in [1.29, 1.82) is 0 Å². The Labute approximate surface area is 167 Å². The molecule has 2 aromatic heterocycles. The number of amides is 1. The highest BCUT2D eigenvalue weighted by atomic mass is 16.3. The number of aliphatic hydroxyl groups is 1. The summed E-state index contributed by atoms with van der Waals surface area (Å²) in [5, 5.41) is 11.4. The number of para-hydroxylation sites is 1. The number of aliphatic hydroxyl groups excluding tert-OH is 1. The largest absolute Gasteiger partial charge is 0.503 e. The van der Waals surface area contributed by atoms with Gasteiger partial charge in [0, 0.05) is 11.6 Å². The van der Waals surface area contributed by atoms with Crippen LogP contribution in [0, 0.1) is 0 Å². The average molecular weight is 392 g/mol. The summed E-state index contributed by atoms with van der Waals surface area (Å²) in [6.07, 6.45) is 1.60. The molecular weight excluding hydrogens is 370 g/mol. The van der Waals surface area contributed by atoms with Crippen molar-refractivity contribution in [3.8, 4) is 0 Å². The molecule has 0 fully saturated rings. The lowest BCUT2D eigenvalue weighted by Crippen LogP contribution is -3.06. The number of likely N-dealkylation sites (N-methyl/N-ethyl adjacent to an activating group) is 1. The summed E-state index contributed by atoms with van der Waals surface area (Å²) in [6, 6.07) is 13.4. The minimum absolute atomic E-state index is 0.00140. The molecule has 29 heavy (non-hydrogen) atoms. The van der Waals surface area contributed by atoms with Gasteiger partial charge >= 0.3 is 0 Å². The molecule has 0 bridgehead atoms. The van der Waals surface area contributed by atoms with Crippen LogP contribution in [0.15, 0.2) is 70.5 Å². The molecule has 0 spiro atoms. The number of rotatable bonds is 6. The lowest BCUT2D eigenvalue weighted by molar-refractivity contribution is -0.857. The number of furan rings is 1. The van der Waals surface area contributed by atoms with Crippen LogP contribution in [-0.2, 0) is 4.79 Å². The smallest absolute Gasteiger partial charge is 0.290 e. The van der Waals surface area contributed by atoms with Crippen LogP contribution in [-0.4, -0.2) is 53.9 Å². The third-order valence-electron chi connectivity index (χ3n) is 5.02. The Morgan fingerprint density at radius 1 is 1.21 bits per heavy atom. The molecule has 7 nitrogen and oxygen atoms in total. The fourth-order valence-corrected chi connectivity index (χ4v) is 3.53. The number of carbonyl (C=O) groups is 2. The van der Waals surface area contributed by atoms with E-state index in [0.29, 0.717) is 24.4 Å². The minimum Gasteiger partial charge on any atom is -0.503 e. The highest BCUT2D eigenvalue weighted by molar-refractivity contribution is 6.15. The zero-order valence-corrected chi connectivity index (χ0v) is 16.3. The zero-order chi connectivity index (χ0) is 20.5. The molecule has 148 valence electrons. The van der Waals surface area contributed by atoms with E-state index < -0.39 is 23.5 Å². The molecule has 0 radical (unpaired) electrons. The first-order chi connectivity index (χ1) is 14.0. The number of aromatic nitrogens is 1. The van der Waals surface area contributed by atoms with Crippen molar-refractivity contribution >= 4 is 22.7 Å². The Kier molecular flexibility index (Phi) is 4.90. The molecule has 1 amide bonds. The summed E-state index contributed by atoms with van der Waals surface area (Å²) in [6.45, 7) is 1.04. The molecule has 0 saturated heterocycles. The molecular formula is C22H22N3O4+. The monoisotopic (exact) mass is 392 g/mol. The molecule has 1 aromatic carbocycles. The number of nitrogens with zero attached hydrogens (tertiary/aromatic N) is 2. The topological polar surface area (TPSA) is 88.1 Å². The fraction of sp³-hybridized carbons (Fsp3) is 0.227. The summed E-state index contributed by atoms with van der Waals surface area (Å²) < 4.78 is 5.69. The SMILES string of the molecule is C[NH+](C)CCN1C(=O)C(O)=C(C(=O)c2cc3ccccc3o2)[C@@H]1c1ccccn1. The van der Waals surface area contributed by atoms with Gasteiger partial charge in [0.2, 0.25) is 5.78 Å². The second-order valence-corrected chi connectivity index (χ2v) is 7.35. The molecule has 0 aliphatic carbocycles. The van der Waals surface area contributed by atoms with Gasteiger partial charge in [-0.1, -0.05) is 24.3 Å². The van der Waals surface area contributed by atoms with Crippen LogP contribution in [0.5, 0.6) is 0 Å². The number of quaternary nitrogens is 1. The Balaban J connectivity index is 1.78. The molecule has 1 aliphatic rings. The van der Waals surface area contributed by atoms with Crippen molar-refractivity contribution in [3.63, 3.8) is 0 Å². The standard InChI is InChI=1S/C22H21N3O4/c1-24(2)11-12-25-19(15-8-5-6-10-23-15)18(21(27)22(25)28)20(26)17-13-14-7-3-4-9-16(14)29-17/h3-10,13,19,27H,11-12H2,1-2H3/p+1/t19-/m0/s1. The molecule has 3 aromatic rings. The van der Waals surface area contributed by atoms with Crippen LogP contribution in [0.2, 0.25) is 0 Å². The van der Waals surface area contributed by atoms with Crippen LogP contribution < -0.4 is 4.90 Å². The number of pyridine rings is 1. The summed E-state index contributed by atoms with van der Waals surface area (Å²) >= 11 is 0. The third-order valence-corrected chi connectivity index (χ3v) is 5.02. The number of nitrogens with one attached hydrogen (secondary N) is 1. The number of Topliss-reactive ketones (excluding diaryl/α,β-unsaturated/α-hetero) is 1. The first kappa shape index (κ1) is 18.9. The van der Waals surface area contributed by atoms with Gasteiger partial charge in [0.15, 0.2) is 11.5 Å². The lowest BCUT2D eigenvalue weighted by Gasteiger charge is -2.26. The van der Waals surface area contributed by atoms with Gasteiger partial charge in [-0.15, -0.1) is 0 Å². The van der Waals surface area contributed by atoms with Gasteiger partial charge in [-0.2, -0.15) is 0 Å². The third kappa shape index (κ3) is 3.40. The van der Waals surface area contributed by atoms with E-state index in [4.69, 9.17) is 4.42 Å². The lowest BCUT2D eigenvalue weighted by atomic mass is 9.98. The van der Waals surface area contributed by atoms with Crippen molar-refractivity contribution in [2.45, 2.75) is 6.04 Å². The second kappa shape index (κ2) is 7.52. The fourth-order valence-electron chi connectivity index (χ4n) is 3.53. The van der Waals surface area contributed by atoms with Gasteiger partial charge in [0.05, 0.1) is 38.5 Å². The van der Waals surface area contributed by atoms with Crippen molar-refractivity contribution in [1.82, 2.24) is 9.88 Å². The molecule has 1 atom stereocenters. The van der Waals surface area contributed by atoms with E-state index in [1.54, 1.807) is 36.5 Å². The van der Waals surface area contributed by atoms with Gasteiger partial charge in [-0.3, -0.25) is 14.6 Å². The number of carbonyl (C=O) groups excluding carboxylic acids is 2. The normalized spacial score (nSPS) is 17.0. The number of ketones is 1. The van der Waals surface area contributed by atoms with Crippen molar-refractivity contribution in [2.24, 2.45) is 0 Å². The van der Waals surface area contributed by atoms with E-state index in [0.717, 1.165) is 10.3 Å². The predicted molar refractivity (Wildman–Crippen MR) is 107 cm³/mol. The summed E-state index contributed by atoms with van der Waals surface area (Å²) in [4.78, 5) is 33.1. The molecule has 4 rings (SSSR count). The Morgan fingerprint density at radius 3 is 2.66 bits per heavy atom. The maximum absolute atomic E-state index is 13.3. The quantitative estimate of drug-likeness (QED) is 0.622. The van der Waals surface area contributed by atoms with E-state index in [1.165, 1.54) is 4.90 Å². The number of benzene rings is 1. The van der Waals surface area contributed by atoms with Crippen LogP contribution in [0.4, 0.5) is 0 Å². The van der Waals surface area contributed by atoms with E-state index >= 15 is 0 Å². The van der Waals surface area contributed by atoms with Gasteiger partial charge < -0.3 is 19.3 Å². The van der Waals surface area contributed by atoms with E-state index in [2.05, 4.69) is 4.98 Å². The van der Waals surface area contributed by atoms with Crippen molar-refractivity contribution in [2.75, 3.05) is 27.2 Å². The van der Waals surface area contributed by atoms with Gasteiger partial charge in [0.1, 0.15) is 11.6 Å². The Morgan fingerprint density at radius 2 is 1.97 bits per heavy atom. The second-order valence-electron chi connectivity index (χ2n) is 7.35. The molecule has 3 heterocycles. The minimum atomic E-state index is -0.760. The number of hydrogen-bond acceptors (Lipinski definition) is 5. The van der Waals surface area contributed by atoms with E-state index in [-0.39, 0.29) is 11.3 Å². The first-order valence-electron chi connectivity index (χ1n) is 9.44. The first-order valence-corrected chi connectivity index (χ1v) is 9.44. The van der Waals surface area contributed by atoms with Crippen molar-refractivity contribution in [3.05, 3.63) is 77.5 Å². The maximum Gasteiger partial charge on any atom is 0.290 e. The van der Waals surface area contributed by atoms with Crippen LogP contribution in [0.1, 0.15) is 22.3 Å². The number of fused-ring (bicyclic) bond motifs is 1. The molecule has 0 saturated carbocycles. The van der Waals surface area contributed by atoms with Gasteiger partial charge in [-0.05, 0) is 24.3 Å². The summed E-state index contributed by atoms with van der Waals surface area (Å²) in [5.74, 6) is -1.54. The molecule has 2 N–H and O–H groups in total. The highest BCUT2D eigenvalue weighted by Crippen LogP contribution is 2.38. The van der Waals surface area contributed by atoms with Crippen LogP contribution in [0.25, 0.3) is 11.0 Å². The zero-order valence-electron chi connectivity index (χ0n) is 16.3. The van der Waals surface area contributed by atoms with Gasteiger partial charge in [-0.25, -0.2) is 0 Å². The van der Waals surface area contributed by atoms with E-state index in [9.17, 15) is 14.7 Å². The van der Waals surface area contributed by atoms with Crippen LogP contribution >= 0.6 is 0 Å². The average Bonchev–Trinajstić information content (AvgIpc) is 3.26. The van der Waals surface area contributed by atoms with Crippen molar-refractivity contribution < 1.29 is 24.0 Å². The molecule has 1 aliphatic heterocycles. The van der Waals surface area contributed by atoms with Crippen LogP contribution in [0.3, 0.4) is 0 Å². The molecule has 7 heteroatoms. The predicted octanol–water partition coefficient (Wildman–Crippen LogP) is 1.55. The highest BCUT2D eigenvalue weighted by Gasteiger charge is 2.45. The number of hydrogen-bond donors (Lipinski definition) is 2. The van der Waals surface area contributed by atoms with E-state index in [1.807, 2.05) is 32.3 Å². The summed E-state index contributed by atoms with van der Waals surface area (Å²) in [5.41, 5.74) is 1.10. The molecule has 0 unspecified atom stereocenters.